The van der Waals surface area contributed by atoms with E-state index in [-0.39, 0.29) is 17.3 Å². The van der Waals surface area contributed by atoms with Crippen LogP contribution >= 0.6 is 0 Å². The minimum atomic E-state index is -1.28. The van der Waals surface area contributed by atoms with Gasteiger partial charge < -0.3 is 24.3 Å². The molecular weight excluding hydrogens is 482 g/mol. The Morgan fingerprint density at radius 1 is 0.947 bits per heavy atom. The van der Waals surface area contributed by atoms with Crippen LogP contribution in [0.3, 0.4) is 0 Å². The minimum Gasteiger partial charge on any atom is -0.494 e. The van der Waals surface area contributed by atoms with Crippen LogP contribution in [0.2, 0.25) is 0 Å². The molecule has 1 aromatic heterocycles. The molecule has 196 valence electrons. The molecule has 7 nitrogen and oxygen atoms in total. The zero-order chi connectivity index (χ0) is 26.5. The lowest BCUT2D eigenvalue weighted by Crippen LogP contribution is -2.44. The van der Waals surface area contributed by atoms with E-state index in [1.54, 1.807) is 18.2 Å². The van der Waals surface area contributed by atoms with Crippen LogP contribution in [-0.4, -0.2) is 47.3 Å². The zero-order valence-corrected chi connectivity index (χ0v) is 21.1. The summed E-state index contributed by atoms with van der Waals surface area (Å²) in [6.45, 7) is 3.16. The number of likely N-dealkylation sites (tertiary alicyclic amines) is 1. The Bertz CT molecular complexity index is 1400. The van der Waals surface area contributed by atoms with Crippen molar-refractivity contribution in [3.8, 4) is 5.75 Å². The smallest absolute Gasteiger partial charge is 0.371 e. The summed E-state index contributed by atoms with van der Waals surface area (Å²) < 4.78 is 11.1. The molecule has 1 saturated heterocycles. The van der Waals surface area contributed by atoms with Crippen molar-refractivity contribution in [3.05, 3.63) is 112 Å². The number of hydrogen-bond donors (Lipinski definition) is 2. The van der Waals surface area contributed by atoms with Crippen LogP contribution < -0.4 is 10.2 Å². The number of hydrogen-bond acceptors (Lipinski definition) is 6. The van der Waals surface area contributed by atoms with Gasteiger partial charge >= 0.3 is 5.97 Å². The Morgan fingerprint density at radius 2 is 1.58 bits per heavy atom. The Balaban J connectivity index is 1.16. The van der Waals surface area contributed by atoms with Gasteiger partial charge in [0.15, 0.2) is 5.43 Å². The van der Waals surface area contributed by atoms with Crippen LogP contribution in [-0.2, 0) is 5.60 Å². The van der Waals surface area contributed by atoms with E-state index >= 15 is 0 Å². The standard InChI is InChI=1S/C31H31NO6/c33-27-21-29(30(34)35)38-28-13-12-25(20-26(27)28)37-19-7-16-32-17-14-24(15-18-32)31(36,22-8-3-1-4-9-22)23-10-5-2-6-11-23/h1-6,8-13,20-21,24,36H,7,14-19H2,(H,34,35). The number of piperidine rings is 1. The molecule has 0 aliphatic carbocycles. The molecule has 0 spiro atoms. The number of benzene rings is 3. The lowest BCUT2D eigenvalue weighted by Gasteiger charge is -2.42. The third-order valence-corrected chi connectivity index (χ3v) is 7.40. The number of carboxylic acids is 1. The first-order valence-corrected chi connectivity index (χ1v) is 12.9. The number of rotatable bonds is 9. The predicted molar refractivity (Wildman–Crippen MR) is 145 cm³/mol. The second-order valence-electron chi connectivity index (χ2n) is 9.75. The van der Waals surface area contributed by atoms with Crippen LogP contribution in [0, 0.1) is 5.92 Å². The van der Waals surface area contributed by atoms with Crippen molar-refractivity contribution in [3.63, 3.8) is 0 Å². The van der Waals surface area contributed by atoms with E-state index in [1.807, 2.05) is 60.7 Å². The zero-order valence-electron chi connectivity index (χ0n) is 21.1. The van der Waals surface area contributed by atoms with E-state index in [4.69, 9.17) is 14.3 Å². The SMILES string of the molecule is O=C(O)c1cc(=O)c2cc(OCCCN3CCC(C(O)(c4ccccc4)c4ccccc4)CC3)ccc2o1. The topological polar surface area (TPSA) is 100 Å². The van der Waals surface area contributed by atoms with Crippen molar-refractivity contribution >= 4 is 16.9 Å². The van der Waals surface area contributed by atoms with E-state index in [0.717, 1.165) is 56.1 Å². The van der Waals surface area contributed by atoms with E-state index in [9.17, 15) is 14.7 Å². The van der Waals surface area contributed by atoms with Gasteiger partial charge in [0.25, 0.3) is 0 Å². The molecule has 0 radical (unpaired) electrons. The van der Waals surface area contributed by atoms with Crippen LogP contribution in [0.15, 0.2) is 94.1 Å². The van der Waals surface area contributed by atoms with Crippen LogP contribution in [0.1, 0.15) is 40.9 Å². The first kappa shape index (κ1) is 25.7. The summed E-state index contributed by atoms with van der Waals surface area (Å²) >= 11 is 0. The summed E-state index contributed by atoms with van der Waals surface area (Å²) in [5.74, 6) is -1.00. The average molecular weight is 514 g/mol. The summed E-state index contributed by atoms with van der Waals surface area (Å²) in [5, 5.41) is 21.4. The van der Waals surface area contributed by atoms with Crippen molar-refractivity contribution < 1.29 is 24.2 Å². The molecule has 0 bridgehead atoms. The maximum atomic E-state index is 12.3. The number of carboxylic acid groups (broad SMARTS) is 1. The second-order valence-corrected chi connectivity index (χ2v) is 9.75. The second kappa shape index (κ2) is 11.2. The fourth-order valence-corrected chi connectivity index (χ4v) is 5.41. The molecule has 1 fully saturated rings. The maximum Gasteiger partial charge on any atom is 0.371 e. The number of nitrogens with zero attached hydrogens (tertiary/aromatic N) is 1. The quantitative estimate of drug-likeness (QED) is 0.307. The van der Waals surface area contributed by atoms with E-state index < -0.39 is 17.0 Å². The third-order valence-electron chi connectivity index (χ3n) is 7.40. The summed E-state index contributed by atoms with van der Waals surface area (Å²) in [6.07, 6.45) is 2.59. The highest BCUT2D eigenvalue weighted by atomic mass is 16.5. The molecule has 0 amide bonds. The Morgan fingerprint density at radius 3 is 2.18 bits per heavy atom. The summed E-state index contributed by atoms with van der Waals surface area (Å²) in [5.41, 5.74) is 0.647. The van der Waals surface area contributed by atoms with Gasteiger partial charge in [-0.1, -0.05) is 60.7 Å². The third kappa shape index (κ3) is 5.35. The Hall–Kier alpha value is -3.94. The van der Waals surface area contributed by atoms with Gasteiger partial charge in [0.2, 0.25) is 5.76 Å². The number of aromatic carboxylic acids is 1. The lowest BCUT2D eigenvalue weighted by atomic mass is 9.72. The summed E-state index contributed by atoms with van der Waals surface area (Å²) in [7, 11) is 0. The Kier molecular flexibility index (Phi) is 7.58. The molecule has 2 N–H and O–H groups in total. The van der Waals surface area contributed by atoms with Gasteiger partial charge in [0.05, 0.1) is 12.0 Å². The van der Waals surface area contributed by atoms with Gasteiger partial charge in [-0.15, -0.1) is 0 Å². The van der Waals surface area contributed by atoms with Gasteiger partial charge in [0.1, 0.15) is 16.9 Å². The highest BCUT2D eigenvalue weighted by Crippen LogP contribution is 2.41. The van der Waals surface area contributed by atoms with Gasteiger partial charge in [-0.05, 0) is 67.6 Å². The molecule has 0 unspecified atom stereocenters. The van der Waals surface area contributed by atoms with Crippen LogP contribution in [0.5, 0.6) is 5.75 Å². The molecule has 3 aromatic carbocycles. The molecular formula is C31H31NO6. The minimum absolute atomic E-state index is 0.116. The molecule has 1 aliphatic heterocycles. The summed E-state index contributed by atoms with van der Waals surface area (Å²) in [4.78, 5) is 25.8. The van der Waals surface area contributed by atoms with E-state index in [0.29, 0.717) is 17.7 Å². The van der Waals surface area contributed by atoms with Crippen LogP contribution in [0.25, 0.3) is 11.0 Å². The molecule has 1 aliphatic rings. The lowest BCUT2D eigenvalue weighted by molar-refractivity contribution is -0.0146. The molecule has 7 heteroatoms. The first-order chi connectivity index (χ1) is 18.4. The predicted octanol–water partition coefficient (Wildman–Crippen LogP) is 4.91. The number of carbonyl (C=O) groups is 1. The number of ether oxygens (including phenoxy) is 1. The molecule has 38 heavy (non-hydrogen) atoms. The van der Waals surface area contributed by atoms with Crippen molar-refractivity contribution in [1.82, 2.24) is 4.90 Å². The first-order valence-electron chi connectivity index (χ1n) is 12.9. The molecule has 5 rings (SSSR count). The van der Waals surface area contributed by atoms with Crippen LogP contribution in [0.4, 0.5) is 0 Å². The van der Waals surface area contributed by atoms with Crippen molar-refractivity contribution in [2.45, 2.75) is 24.9 Å². The molecule has 0 saturated carbocycles. The maximum absolute atomic E-state index is 12.3. The van der Waals surface area contributed by atoms with Gasteiger partial charge in [-0.2, -0.15) is 0 Å². The van der Waals surface area contributed by atoms with Gasteiger partial charge in [0, 0.05) is 12.6 Å². The molecule has 4 aromatic rings. The fraction of sp³-hybridized carbons (Fsp3) is 0.290. The van der Waals surface area contributed by atoms with E-state index in [2.05, 4.69) is 4.90 Å². The normalized spacial score (nSPS) is 15.0. The largest absolute Gasteiger partial charge is 0.494 e. The number of aliphatic hydroxyl groups is 1. The molecule has 2 heterocycles. The Labute approximate surface area is 220 Å². The van der Waals surface area contributed by atoms with Gasteiger partial charge in [-0.25, -0.2) is 4.79 Å². The highest BCUT2D eigenvalue weighted by Gasteiger charge is 2.41. The monoisotopic (exact) mass is 513 g/mol. The molecule has 0 atom stereocenters. The van der Waals surface area contributed by atoms with Gasteiger partial charge in [-0.3, -0.25) is 4.79 Å². The average Bonchev–Trinajstić information content (AvgIpc) is 2.96. The van der Waals surface area contributed by atoms with Crippen molar-refractivity contribution in [1.29, 1.82) is 0 Å². The van der Waals surface area contributed by atoms with Crippen molar-refractivity contribution in [2.24, 2.45) is 5.92 Å². The number of fused-ring (bicyclic) bond motifs is 1. The fourth-order valence-electron chi connectivity index (χ4n) is 5.41. The summed E-state index contributed by atoms with van der Waals surface area (Å²) in [6, 6.07) is 25.7. The highest BCUT2D eigenvalue weighted by molar-refractivity contribution is 5.87. The van der Waals surface area contributed by atoms with E-state index in [1.165, 1.54) is 0 Å². The van der Waals surface area contributed by atoms with Crippen molar-refractivity contribution in [2.75, 3.05) is 26.2 Å².